The number of hydrogen-bond acceptors (Lipinski definition) is 9. The van der Waals surface area contributed by atoms with Crippen LogP contribution in [0.2, 0.25) is 0 Å². The molecule has 0 spiro atoms. The van der Waals surface area contributed by atoms with Crippen molar-refractivity contribution < 1.29 is 42.4 Å². The number of aliphatic hydroxyl groups is 2. The first kappa shape index (κ1) is 25.3. The Morgan fingerprint density at radius 3 is 2.44 bits per heavy atom. The van der Waals surface area contributed by atoms with Crippen LogP contribution in [0.25, 0.3) is 11.3 Å². The van der Waals surface area contributed by atoms with E-state index in [4.69, 9.17) is 19.9 Å². The molecule has 0 saturated carbocycles. The van der Waals surface area contributed by atoms with Crippen LogP contribution in [-0.2, 0) is 10.9 Å². The second-order valence-corrected chi connectivity index (χ2v) is 7.87. The van der Waals surface area contributed by atoms with E-state index in [0.717, 1.165) is 12.1 Å². The van der Waals surface area contributed by atoms with Crippen molar-refractivity contribution in [1.29, 1.82) is 0 Å². The molecule has 4 atom stereocenters. The van der Waals surface area contributed by atoms with Crippen molar-refractivity contribution in [2.75, 3.05) is 13.2 Å². The number of pyridine rings is 1. The zero-order valence-corrected chi connectivity index (χ0v) is 18.5. The molecule has 4 rings (SSSR count). The van der Waals surface area contributed by atoms with Crippen LogP contribution in [0.15, 0.2) is 54.6 Å². The number of nitrogens with two attached hydrogens (primary N) is 1. The molecule has 1 saturated heterocycles. The van der Waals surface area contributed by atoms with E-state index < -0.39 is 42.2 Å². The first-order valence-electron chi connectivity index (χ1n) is 10.7. The predicted octanol–water partition coefficient (Wildman–Crippen LogP) is 1.60. The fourth-order valence-corrected chi connectivity index (χ4v) is 3.42. The lowest BCUT2D eigenvalue weighted by molar-refractivity contribution is -0.187. The number of nitrogens with zero attached hydrogens (tertiary/aromatic N) is 3. The molecule has 3 heterocycles. The van der Waals surface area contributed by atoms with Crippen molar-refractivity contribution in [2.45, 2.75) is 30.6 Å². The summed E-state index contributed by atoms with van der Waals surface area (Å²) in [6.45, 7) is -0.317. The summed E-state index contributed by atoms with van der Waals surface area (Å²) in [5.41, 5.74) is 5.28. The molecule has 13 heteroatoms. The van der Waals surface area contributed by atoms with E-state index in [1.54, 1.807) is 30.3 Å². The molecule has 190 valence electrons. The van der Waals surface area contributed by atoms with Crippen LogP contribution in [0.5, 0.6) is 11.6 Å². The van der Waals surface area contributed by atoms with Gasteiger partial charge in [0, 0.05) is 11.6 Å². The SMILES string of the molecule is NC(=O)c1ccc(-c2ccc(OC[C@H]3OC[C@H](Oc4cccc(C(F)(F)F)n4)[C@@H](O)[C@H]3O)cc2)nn1. The standard InChI is InChI=1S/C23H21F3N4O6/c24-23(25,26)18-2-1-3-19(28-18)36-17-11-35-16(20(31)21(17)32)10-34-13-6-4-12(5-7-13)14-8-9-15(22(27)33)30-29-14/h1-9,16-17,20-21,31-32H,10-11H2,(H2,27,33)/t16-,17+,20+,21-/m1/s1. The van der Waals surface area contributed by atoms with Gasteiger partial charge in [-0.05, 0) is 42.5 Å². The van der Waals surface area contributed by atoms with Gasteiger partial charge >= 0.3 is 6.18 Å². The molecule has 1 fully saturated rings. The van der Waals surface area contributed by atoms with E-state index in [1.807, 2.05) is 0 Å². The number of ether oxygens (including phenoxy) is 3. The fourth-order valence-electron chi connectivity index (χ4n) is 3.42. The third-order valence-corrected chi connectivity index (χ3v) is 5.35. The summed E-state index contributed by atoms with van der Waals surface area (Å²) < 4.78 is 55.0. The Morgan fingerprint density at radius 2 is 1.81 bits per heavy atom. The zero-order valence-electron chi connectivity index (χ0n) is 18.5. The smallest absolute Gasteiger partial charge is 0.433 e. The molecule has 0 radical (unpaired) electrons. The first-order chi connectivity index (χ1) is 17.1. The molecule has 1 aliphatic heterocycles. The van der Waals surface area contributed by atoms with Gasteiger partial charge in [-0.25, -0.2) is 4.98 Å². The highest BCUT2D eigenvalue weighted by Crippen LogP contribution is 2.29. The van der Waals surface area contributed by atoms with Crippen LogP contribution >= 0.6 is 0 Å². The predicted molar refractivity (Wildman–Crippen MR) is 117 cm³/mol. The van der Waals surface area contributed by atoms with E-state index in [0.29, 0.717) is 17.0 Å². The molecule has 0 aliphatic carbocycles. The Balaban J connectivity index is 1.31. The van der Waals surface area contributed by atoms with Crippen LogP contribution in [0.1, 0.15) is 16.2 Å². The van der Waals surface area contributed by atoms with Gasteiger partial charge < -0.3 is 30.2 Å². The number of rotatable bonds is 7. The maximum Gasteiger partial charge on any atom is 0.433 e. The second-order valence-electron chi connectivity index (χ2n) is 7.87. The summed E-state index contributed by atoms with van der Waals surface area (Å²) in [6.07, 6.45) is -9.57. The van der Waals surface area contributed by atoms with Gasteiger partial charge in [0.15, 0.2) is 11.8 Å². The van der Waals surface area contributed by atoms with Crippen molar-refractivity contribution in [2.24, 2.45) is 5.73 Å². The van der Waals surface area contributed by atoms with Gasteiger partial charge in [0.1, 0.15) is 36.4 Å². The lowest BCUT2D eigenvalue weighted by atomic mass is 10.0. The molecule has 1 aromatic carbocycles. The summed E-state index contributed by atoms with van der Waals surface area (Å²) in [5.74, 6) is -0.592. The maximum atomic E-state index is 12.8. The summed E-state index contributed by atoms with van der Waals surface area (Å²) in [5, 5.41) is 28.5. The number of halogens is 3. The Kier molecular flexibility index (Phi) is 7.33. The third kappa shape index (κ3) is 5.87. The number of amides is 1. The van der Waals surface area contributed by atoms with Gasteiger partial charge in [-0.15, -0.1) is 10.2 Å². The van der Waals surface area contributed by atoms with Gasteiger partial charge in [0.05, 0.1) is 12.3 Å². The number of hydrogen-bond donors (Lipinski definition) is 3. The average Bonchev–Trinajstić information content (AvgIpc) is 2.86. The van der Waals surface area contributed by atoms with Crippen molar-refractivity contribution in [3.05, 3.63) is 66.0 Å². The molecular weight excluding hydrogens is 485 g/mol. The monoisotopic (exact) mass is 506 g/mol. The Morgan fingerprint density at radius 1 is 1.06 bits per heavy atom. The van der Waals surface area contributed by atoms with Crippen molar-refractivity contribution in [3.63, 3.8) is 0 Å². The maximum absolute atomic E-state index is 12.8. The first-order valence-corrected chi connectivity index (χ1v) is 10.7. The van der Waals surface area contributed by atoms with Crippen molar-refractivity contribution >= 4 is 5.91 Å². The highest BCUT2D eigenvalue weighted by atomic mass is 19.4. The normalized spacial score (nSPS) is 22.1. The Bertz CT molecular complexity index is 1190. The average molecular weight is 506 g/mol. The van der Waals surface area contributed by atoms with Gasteiger partial charge in [-0.2, -0.15) is 13.2 Å². The minimum atomic E-state index is -4.65. The zero-order chi connectivity index (χ0) is 25.9. The molecule has 0 unspecified atom stereocenters. The van der Waals surface area contributed by atoms with Gasteiger partial charge in [-0.1, -0.05) is 6.07 Å². The lowest BCUT2D eigenvalue weighted by Gasteiger charge is -2.37. The lowest BCUT2D eigenvalue weighted by Crippen LogP contribution is -2.56. The number of alkyl halides is 3. The summed E-state index contributed by atoms with van der Waals surface area (Å²) >= 11 is 0. The third-order valence-electron chi connectivity index (χ3n) is 5.35. The Labute approximate surface area is 202 Å². The number of aromatic nitrogens is 3. The highest BCUT2D eigenvalue weighted by Gasteiger charge is 2.41. The summed E-state index contributed by atoms with van der Waals surface area (Å²) in [7, 11) is 0. The minimum Gasteiger partial charge on any atom is -0.491 e. The number of benzene rings is 1. The van der Waals surface area contributed by atoms with E-state index >= 15 is 0 Å². The summed E-state index contributed by atoms with van der Waals surface area (Å²) in [4.78, 5) is 14.5. The molecule has 4 N–H and O–H groups in total. The van der Waals surface area contributed by atoms with Crippen molar-refractivity contribution in [1.82, 2.24) is 15.2 Å². The van der Waals surface area contributed by atoms with Crippen LogP contribution in [0.4, 0.5) is 13.2 Å². The number of carbonyl (C=O) groups is 1. The molecule has 10 nitrogen and oxygen atoms in total. The number of primary amides is 1. The fraction of sp³-hybridized carbons (Fsp3) is 0.304. The molecule has 1 aliphatic rings. The number of aliphatic hydroxyl groups excluding tert-OH is 2. The van der Waals surface area contributed by atoms with Gasteiger partial charge in [-0.3, -0.25) is 4.79 Å². The van der Waals surface area contributed by atoms with E-state index in [-0.39, 0.29) is 24.8 Å². The molecule has 3 aromatic rings. The van der Waals surface area contributed by atoms with Crippen molar-refractivity contribution in [3.8, 4) is 22.9 Å². The molecular formula is C23H21F3N4O6. The molecule has 0 bridgehead atoms. The topological polar surface area (TPSA) is 150 Å². The van der Waals surface area contributed by atoms with Crippen LogP contribution in [-0.4, -0.2) is 68.9 Å². The molecule has 2 aromatic heterocycles. The highest BCUT2D eigenvalue weighted by molar-refractivity contribution is 5.90. The van der Waals surface area contributed by atoms with Gasteiger partial charge in [0.2, 0.25) is 5.88 Å². The minimum absolute atomic E-state index is 0.0469. The molecule has 1 amide bonds. The van der Waals surface area contributed by atoms with E-state index in [9.17, 15) is 28.2 Å². The van der Waals surface area contributed by atoms with Crippen LogP contribution < -0.4 is 15.2 Å². The van der Waals surface area contributed by atoms with E-state index in [1.165, 1.54) is 12.1 Å². The molecule has 36 heavy (non-hydrogen) atoms. The van der Waals surface area contributed by atoms with E-state index in [2.05, 4.69) is 15.2 Å². The Hall–Kier alpha value is -3.81. The number of carbonyl (C=O) groups excluding carboxylic acids is 1. The van der Waals surface area contributed by atoms with Gasteiger partial charge in [0.25, 0.3) is 5.91 Å². The van der Waals surface area contributed by atoms with Crippen LogP contribution in [0, 0.1) is 0 Å². The summed E-state index contributed by atoms with van der Waals surface area (Å²) in [6, 6.07) is 12.9. The second kappa shape index (κ2) is 10.4. The quantitative estimate of drug-likeness (QED) is 0.434. The van der Waals surface area contributed by atoms with Crippen LogP contribution in [0.3, 0.4) is 0 Å². The largest absolute Gasteiger partial charge is 0.491 e.